The maximum absolute atomic E-state index is 5.83. The molecule has 0 aromatic carbocycles. The van der Waals surface area contributed by atoms with Crippen LogP contribution >= 0.6 is 11.6 Å². The first-order valence-electron chi connectivity index (χ1n) is 3.75. The van der Waals surface area contributed by atoms with Crippen LogP contribution in [0, 0.1) is 6.92 Å². The summed E-state index contributed by atoms with van der Waals surface area (Å²) in [4.78, 5) is 2.94. The molecule has 1 aromatic rings. The highest BCUT2D eigenvalue weighted by Gasteiger charge is 2.09. The van der Waals surface area contributed by atoms with Gasteiger partial charge in [0, 0.05) is 12.2 Å². The Labute approximate surface area is 71.7 Å². The Morgan fingerprint density at radius 3 is 2.73 bits per heavy atom. The van der Waals surface area contributed by atoms with Gasteiger partial charge in [0.15, 0.2) is 0 Å². The number of rotatable bonds is 2. The maximum Gasteiger partial charge on any atom is 0.109 e. The minimum Gasteiger partial charge on any atom is -0.352 e. The van der Waals surface area contributed by atoms with Crippen molar-refractivity contribution >= 4 is 11.6 Å². The highest BCUT2D eigenvalue weighted by atomic mass is 35.5. The molecule has 0 spiro atoms. The van der Waals surface area contributed by atoms with Crippen LogP contribution in [0.1, 0.15) is 30.5 Å². The van der Waals surface area contributed by atoms with Gasteiger partial charge in [-0.25, -0.2) is 0 Å². The number of nitrogens with two attached hydrogens (primary N) is 1. The van der Waals surface area contributed by atoms with Crippen LogP contribution in [0.15, 0.2) is 6.20 Å². The molecular weight excluding hydrogens is 160 g/mol. The largest absolute Gasteiger partial charge is 0.352 e. The van der Waals surface area contributed by atoms with Crippen molar-refractivity contribution in [3.63, 3.8) is 0 Å². The molecule has 0 saturated carbocycles. The summed E-state index contributed by atoms with van der Waals surface area (Å²) in [6, 6.07) is 0.110. The van der Waals surface area contributed by atoms with Crippen molar-refractivity contribution in [3.05, 3.63) is 22.5 Å². The van der Waals surface area contributed by atoms with Crippen LogP contribution in [-0.4, -0.2) is 4.98 Å². The molecule has 3 N–H and O–H groups in total. The minimum atomic E-state index is 0.110. The van der Waals surface area contributed by atoms with Gasteiger partial charge in [0.1, 0.15) is 5.15 Å². The Kier molecular flexibility index (Phi) is 2.58. The Balaban J connectivity index is 2.94. The van der Waals surface area contributed by atoms with E-state index in [2.05, 4.69) is 11.9 Å². The lowest BCUT2D eigenvalue weighted by Gasteiger charge is -2.06. The van der Waals surface area contributed by atoms with E-state index in [1.807, 2.05) is 13.1 Å². The fourth-order valence-corrected chi connectivity index (χ4v) is 1.25. The molecule has 0 saturated heterocycles. The third-order valence-electron chi connectivity index (χ3n) is 1.96. The number of H-pyrrole nitrogens is 1. The van der Waals surface area contributed by atoms with Crippen LogP contribution in [-0.2, 0) is 0 Å². The quantitative estimate of drug-likeness (QED) is 0.707. The summed E-state index contributed by atoms with van der Waals surface area (Å²) in [7, 11) is 0. The molecule has 3 heteroatoms. The fraction of sp³-hybridized carbons (Fsp3) is 0.500. The highest BCUT2D eigenvalue weighted by molar-refractivity contribution is 6.30. The lowest BCUT2D eigenvalue weighted by Crippen LogP contribution is -2.08. The zero-order valence-electron chi connectivity index (χ0n) is 6.82. The minimum absolute atomic E-state index is 0.110. The Hall–Kier alpha value is -0.470. The summed E-state index contributed by atoms with van der Waals surface area (Å²) in [5.74, 6) is 0. The van der Waals surface area contributed by atoms with E-state index < -0.39 is 0 Å². The summed E-state index contributed by atoms with van der Waals surface area (Å²) < 4.78 is 0. The number of aromatic amines is 1. The number of nitrogens with one attached hydrogen (secondary N) is 1. The predicted octanol–water partition coefficient (Wildman–Crippen LogP) is 2.39. The summed E-state index contributed by atoms with van der Waals surface area (Å²) in [6.07, 6.45) is 2.82. The fourth-order valence-electron chi connectivity index (χ4n) is 1.09. The molecule has 0 bridgehead atoms. The Morgan fingerprint density at radius 1 is 1.73 bits per heavy atom. The molecule has 0 fully saturated rings. The third-order valence-corrected chi connectivity index (χ3v) is 2.35. The average Bonchev–Trinajstić information content (AvgIpc) is 2.32. The van der Waals surface area contributed by atoms with E-state index in [1.54, 1.807) is 0 Å². The number of halogens is 1. The molecule has 1 heterocycles. The first kappa shape index (κ1) is 8.62. The molecule has 0 radical (unpaired) electrons. The highest BCUT2D eigenvalue weighted by Crippen LogP contribution is 2.23. The summed E-state index contributed by atoms with van der Waals surface area (Å²) in [5.41, 5.74) is 8.02. The molecule has 1 rings (SSSR count). The van der Waals surface area contributed by atoms with E-state index in [1.165, 1.54) is 0 Å². The van der Waals surface area contributed by atoms with Crippen molar-refractivity contribution in [2.24, 2.45) is 5.73 Å². The van der Waals surface area contributed by atoms with Gasteiger partial charge in [-0.05, 0) is 24.5 Å². The van der Waals surface area contributed by atoms with E-state index in [-0.39, 0.29) is 6.04 Å². The van der Waals surface area contributed by atoms with Crippen LogP contribution in [0.2, 0.25) is 5.15 Å². The topological polar surface area (TPSA) is 41.8 Å². The number of hydrogen-bond acceptors (Lipinski definition) is 1. The molecule has 0 aliphatic rings. The van der Waals surface area contributed by atoms with Gasteiger partial charge in [-0.2, -0.15) is 0 Å². The van der Waals surface area contributed by atoms with Crippen LogP contribution in [0.3, 0.4) is 0 Å². The SMILES string of the molecule is CCC(N)c1c[nH]c(Cl)c1C. The molecule has 1 aromatic heterocycles. The van der Waals surface area contributed by atoms with Gasteiger partial charge in [0.2, 0.25) is 0 Å². The molecule has 0 aliphatic heterocycles. The van der Waals surface area contributed by atoms with E-state index >= 15 is 0 Å². The standard InChI is InChI=1S/C8H13ClN2/c1-3-7(10)6-4-11-8(9)5(6)2/h4,7,11H,3,10H2,1-2H3. The molecule has 1 atom stereocenters. The number of aromatic nitrogens is 1. The van der Waals surface area contributed by atoms with Crippen LogP contribution in [0.4, 0.5) is 0 Å². The molecule has 0 amide bonds. The van der Waals surface area contributed by atoms with Crippen LogP contribution < -0.4 is 5.73 Å². The van der Waals surface area contributed by atoms with E-state index in [9.17, 15) is 0 Å². The van der Waals surface area contributed by atoms with Crippen molar-refractivity contribution in [3.8, 4) is 0 Å². The Morgan fingerprint density at radius 2 is 2.36 bits per heavy atom. The van der Waals surface area contributed by atoms with Crippen LogP contribution in [0.5, 0.6) is 0 Å². The van der Waals surface area contributed by atoms with E-state index in [4.69, 9.17) is 17.3 Å². The lowest BCUT2D eigenvalue weighted by atomic mass is 10.1. The first-order chi connectivity index (χ1) is 5.16. The maximum atomic E-state index is 5.83. The van der Waals surface area contributed by atoms with Crippen molar-refractivity contribution < 1.29 is 0 Å². The smallest absolute Gasteiger partial charge is 0.109 e. The normalized spacial score (nSPS) is 13.5. The molecule has 62 valence electrons. The van der Waals surface area contributed by atoms with Crippen molar-refractivity contribution in [1.82, 2.24) is 4.98 Å². The summed E-state index contributed by atoms with van der Waals surface area (Å²) in [5, 5.41) is 0.698. The van der Waals surface area contributed by atoms with Gasteiger partial charge in [-0.3, -0.25) is 0 Å². The average molecular weight is 173 g/mol. The van der Waals surface area contributed by atoms with Gasteiger partial charge < -0.3 is 10.7 Å². The van der Waals surface area contributed by atoms with E-state index in [0.717, 1.165) is 17.5 Å². The predicted molar refractivity (Wildman–Crippen MR) is 47.8 cm³/mol. The monoisotopic (exact) mass is 172 g/mol. The van der Waals surface area contributed by atoms with Gasteiger partial charge in [0.05, 0.1) is 0 Å². The number of hydrogen-bond donors (Lipinski definition) is 2. The summed E-state index contributed by atoms with van der Waals surface area (Å²) in [6.45, 7) is 4.04. The molecule has 11 heavy (non-hydrogen) atoms. The molecule has 2 nitrogen and oxygen atoms in total. The van der Waals surface area contributed by atoms with Crippen molar-refractivity contribution in [2.75, 3.05) is 0 Å². The second-order valence-corrected chi connectivity index (χ2v) is 3.08. The van der Waals surface area contributed by atoms with Crippen LogP contribution in [0.25, 0.3) is 0 Å². The van der Waals surface area contributed by atoms with Gasteiger partial charge in [0.25, 0.3) is 0 Å². The second-order valence-electron chi connectivity index (χ2n) is 2.70. The van der Waals surface area contributed by atoms with Gasteiger partial charge in [-0.15, -0.1) is 0 Å². The zero-order chi connectivity index (χ0) is 8.43. The van der Waals surface area contributed by atoms with E-state index in [0.29, 0.717) is 5.15 Å². The van der Waals surface area contributed by atoms with Gasteiger partial charge in [-0.1, -0.05) is 18.5 Å². The third kappa shape index (κ3) is 1.57. The van der Waals surface area contributed by atoms with Gasteiger partial charge >= 0.3 is 0 Å². The molecular formula is C8H13ClN2. The zero-order valence-corrected chi connectivity index (χ0v) is 7.57. The first-order valence-corrected chi connectivity index (χ1v) is 4.13. The molecule has 0 aliphatic carbocycles. The molecule has 1 unspecified atom stereocenters. The van der Waals surface area contributed by atoms with Crippen molar-refractivity contribution in [1.29, 1.82) is 0 Å². The second kappa shape index (κ2) is 3.28. The summed E-state index contributed by atoms with van der Waals surface area (Å²) >= 11 is 5.82. The van der Waals surface area contributed by atoms with Crippen molar-refractivity contribution in [2.45, 2.75) is 26.3 Å². The Bertz CT molecular complexity index is 242. The lowest BCUT2D eigenvalue weighted by molar-refractivity contribution is 0.695.